The molecule has 0 saturated carbocycles. The second kappa shape index (κ2) is 6.97. The number of hydrogen-bond donors (Lipinski definition) is 1. The molecule has 1 rings (SSSR count). The molecule has 0 saturated heterocycles. The molecule has 1 aromatic carbocycles. The Morgan fingerprint density at radius 2 is 1.76 bits per heavy atom. The summed E-state index contributed by atoms with van der Waals surface area (Å²) in [5.74, 6) is -0.371. The van der Waals surface area contributed by atoms with E-state index in [1.807, 2.05) is 0 Å². The molecule has 0 aromatic heterocycles. The van der Waals surface area contributed by atoms with Crippen LogP contribution in [0.15, 0.2) is 18.2 Å². The van der Waals surface area contributed by atoms with Crippen LogP contribution in [-0.2, 0) is 9.59 Å². The standard InChI is InChI=1S/C15H21NO5/c1-15(2,9-14(18)19)8-13(17)16-10-5-6-11(20-3)12(7-10)21-4/h5-7H,8-9H2,1-4H3,(H,16,17)(H,18,19)/p-1. The molecule has 116 valence electrons. The number of carbonyl (C=O) groups is 2. The third-order valence-electron chi connectivity index (χ3n) is 2.93. The summed E-state index contributed by atoms with van der Waals surface area (Å²) in [6.07, 6.45) is -0.0956. The zero-order valence-electron chi connectivity index (χ0n) is 12.7. The summed E-state index contributed by atoms with van der Waals surface area (Å²) in [4.78, 5) is 22.6. The Labute approximate surface area is 124 Å². The molecule has 0 fully saturated rings. The van der Waals surface area contributed by atoms with E-state index in [1.165, 1.54) is 14.2 Å². The number of anilines is 1. The lowest BCUT2D eigenvalue weighted by atomic mass is 9.85. The second-order valence-electron chi connectivity index (χ2n) is 5.51. The van der Waals surface area contributed by atoms with Gasteiger partial charge in [-0.3, -0.25) is 4.79 Å². The van der Waals surface area contributed by atoms with Crippen LogP contribution in [0.2, 0.25) is 0 Å². The van der Waals surface area contributed by atoms with E-state index in [9.17, 15) is 14.7 Å². The Morgan fingerprint density at radius 1 is 1.14 bits per heavy atom. The average Bonchev–Trinajstić information content (AvgIpc) is 2.35. The summed E-state index contributed by atoms with van der Waals surface area (Å²) in [5.41, 5.74) is -0.110. The molecule has 0 aliphatic heterocycles. The van der Waals surface area contributed by atoms with Crippen LogP contribution in [0.1, 0.15) is 26.7 Å². The number of methoxy groups -OCH3 is 2. The van der Waals surface area contributed by atoms with Gasteiger partial charge in [0.05, 0.1) is 14.2 Å². The number of carboxylic acids is 1. The van der Waals surface area contributed by atoms with Gasteiger partial charge in [-0.15, -0.1) is 0 Å². The van der Waals surface area contributed by atoms with Gasteiger partial charge in [-0.25, -0.2) is 0 Å². The molecule has 1 N–H and O–H groups in total. The fourth-order valence-corrected chi connectivity index (χ4v) is 2.01. The van der Waals surface area contributed by atoms with E-state index < -0.39 is 11.4 Å². The molecule has 21 heavy (non-hydrogen) atoms. The van der Waals surface area contributed by atoms with Crippen molar-refractivity contribution in [2.24, 2.45) is 5.41 Å². The first kappa shape index (κ1) is 16.8. The summed E-state index contributed by atoms with van der Waals surface area (Å²) in [5, 5.41) is 13.3. The van der Waals surface area contributed by atoms with Crippen molar-refractivity contribution in [1.29, 1.82) is 0 Å². The van der Waals surface area contributed by atoms with Crippen LogP contribution < -0.4 is 19.9 Å². The first-order valence-corrected chi connectivity index (χ1v) is 6.49. The van der Waals surface area contributed by atoms with Gasteiger partial charge in [-0.1, -0.05) is 13.8 Å². The Bertz CT molecular complexity index is 525. The molecular weight excluding hydrogens is 274 g/mol. The highest BCUT2D eigenvalue weighted by atomic mass is 16.5. The topological polar surface area (TPSA) is 87.7 Å². The van der Waals surface area contributed by atoms with Crippen molar-refractivity contribution in [2.75, 3.05) is 19.5 Å². The van der Waals surface area contributed by atoms with E-state index in [4.69, 9.17) is 9.47 Å². The van der Waals surface area contributed by atoms with E-state index in [2.05, 4.69) is 5.32 Å². The van der Waals surface area contributed by atoms with Crippen molar-refractivity contribution >= 4 is 17.6 Å². The maximum absolute atomic E-state index is 12.0. The lowest BCUT2D eigenvalue weighted by Gasteiger charge is -2.24. The molecule has 6 heteroatoms. The van der Waals surface area contributed by atoms with Gasteiger partial charge in [0.2, 0.25) is 5.91 Å². The van der Waals surface area contributed by atoms with E-state index in [1.54, 1.807) is 32.0 Å². The van der Waals surface area contributed by atoms with Gasteiger partial charge in [-0.05, 0) is 24.0 Å². The number of amides is 1. The molecule has 0 atom stereocenters. The number of carboxylic acid groups (broad SMARTS) is 1. The van der Waals surface area contributed by atoms with Crippen molar-refractivity contribution in [1.82, 2.24) is 0 Å². The summed E-state index contributed by atoms with van der Waals surface area (Å²) < 4.78 is 10.3. The van der Waals surface area contributed by atoms with Gasteiger partial charge < -0.3 is 24.7 Å². The molecule has 1 aromatic rings. The third-order valence-corrected chi connectivity index (χ3v) is 2.93. The summed E-state index contributed by atoms with van der Waals surface area (Å²) >= 11 is 0. The van der Waals surface area contributed by atoms with E-state index >= 15 is 0 Å². The largest absolute Gasteiger partial charge is 0.550 e. The summed E-state index contributed by atoms with van der Waals surface area (Å²) in [6, 6.07) is 5.01. The van der Waals surface area contributed by atoms with Gasteiger partial charge in [-0.2, -0.15) is 0 Å². The lowest BCUT2D eigenvalue weighted by Crippen LogP contribution is -2.31. The second-order valence-corrected chi connectivity index (χ2v) is 5.51. The molecule has 0 radical (unpaired) electrons. The fourth-order valence-electron chi connectivity index (χ4n) is 2.01. The van der Waals surface area contributed by atoms with Crippen LogP contribution in [-0.4, -0.2) is 26.1 Å². The van der Waals surface area contributed by atoms with Crippen LogP contribution >= 0.6 is 0 Å². The van der Waals surface area contributed by atoms with Crippen LogP contribution in [0.4, 0.5) is 5.69 Å². The van der Waals surface area contributed by atoms with Crippen molar-refractivity contribution in [2.45, 2.75) is 26.7 Å². The quantitative estimate of drug-likeness (QED) is 0.816. The number of nitrogens with one attached hydrogen (secondary N) is 1. The average molecular weight is 294 g/mol. The Balaban J connectivity index is 2.73. The van der Waals surface area contributed by atoms with Crippen LogP contribution in [0, 0.1) is 5.41 Å². The molecule has 6 nitrogen and oxygen atoms in total. The number of benzene rings is 1. The zero-order chi connectivity index (χ0) is 16.0. The van der Waals surface area contributed by atoms with E-state index in [-0.39, 0.29) is 18.7 Å². The van der Waals surface area contributed by atoms with E-state index in [0.29, 0.717) is 17.2 Å². The maximum Gasteiger partial charge on any atom is 0.224 e. The predicted molar refractivity (Wildman–Crippen MR) is 76.2 cm³/mol. The number of carbonyl (C=O) groups excluding carboxylic acids is 2. The first-order chi connectivity index (χ1) is 9.77. The summed E-state index contributed by atoms with van der Waals surface area (Å²) in [6.45, 7) is 3.41. The SMILES string of the molecule is COc1ccc(NC(=O)CC(C)(C)CC(=O)[O-])cc1OC. The van der Waals surface area contributed by atoms with Crippen LogP contribution in [0.3, 0.4) is 0 Å². The molecule has 0 aliphatic carbocycles. The van der Waals surface area contributed by atoms with Gasteiger partial charge in [0, 0.05) is 24.1 Å². The molecule has 0 spiro atoms. The minimum atomic E-state index is -1.17. The van der Waals surface area contributed by atoms with Gasteiger partial charge in [0.15, 0.2) is 11.5 Å². The zero-order valence-corrected chi connectivity index (χ0v) is 12.7. The molecule has 0 unspecified atom stereocenters. The number of ether oxygens (including phenoxy) is 2. The molecule has 0 bridgehead atoms. The minimum Gasteiger partial charge on any atom is -0.550 e. The molecule has 1 amide bonds. The minimum absolute atomic E-state index is 0.0787. The predicted octanol–water partition coefficient (Wildman–Crippen LogP) is 1.20. The lowest BCUT2D eigenvalue weighted by molar-refractivity contribution is -0.307. The molecular formula is C15H20NO5-. The fraction of sp³-hybridized carbons (Fsp3) is 0.467. The van der Waals surface area contributed by atoms with Gasteiger partial charge in [0.1, 0.15) is 0 Å². The van der Waals surface area contributed by atoms with E-state index in [0.717, 1.165) is 0 Å². The first-order valence-electron chi connectivity index (χ1n) is 6.49. The smallest absolute Gasteiger partial charge is 0.224 e. The van der Waals surface area contributed by atoms with Crippen molar-refractivity contribution < 1.29 is 24.2 Å². The van der Waals surface area contributed by atoms with Crippen LogP contribution in [0.25, 0.3) is 0 Å². The monoisotopic (exact) mass is 294 g/mol. The molecule has 0 heterocycles. The Hall–Kier alpha value is -2.24. The highest BCUT2D eigenvalue weighted by Gasteiger charge is 2.22. The highest BCUT2D eigenvalue weighted by Crippen LogP contribution is 2.30. The van der Waals surface area contributed by atoms with Crippen molar-refractivity contribution in [3.05, 3.63) is 18.2 Å². The molecule has 0 aliphatic rings. The van der Waals surface area contributed by atoms with Crippen LogP contribution in [0.5, 0.6) is 11.5 Å². The summed E-state index contributed by atoms with van der Waals surface area (Å²) in [7, 11) is 3.03. The Morgan fingerprint density at radius 3 is 2.29 bits per heavy atom. The number of hydrogen-bond acceptors (Lipinski definition) is 5. The Kier molecular flexibility index (Phi) is 5.58. The van der Waals surface area contributed by atoms with Gasteiger partial charge in [0.25, 0.3) is 0 Å². The highest BCUT2D eigenvalue weighted by molar-refractivity contribution is 5.91. The normalized spacial score (nSPS) is 10.9. The van der Waals surface area contributed by atoms with Crippen molar-refractivity contribution in [3.63, 3.8) is 0 Å². The third kappa shape index (κ3) is 5.33. The number of rotatable bonds is 7. The van der Waals surface area contributed by atoms with Crippen molar-refractivity contribution in [3.8, 4) is 11.5 Å². The van der Waals surface area contributed by atoms with Gasteiger partial charge >= 0.3 is 0 Å². The maximum atomic E-state index is 12.0. The number of aliphatic carboxylic acids is 1.